The maximum Gasteiger partial charge on any atom is 0.257 e. The highest BCUT2D eigenvalue weighted by Crippen LogP contribution is 2.29. The molecule has 188 valence electrons. The summed E-state index contributed by atoms with van der Waals surface area (Å²) in [4.78, 5) is 42.5. The molecule has 3 aromatic carbocycles. The molecule has 4 rings (SSSR count). The van der Waals surface area contributed by atoms with E-state index in [1.807, 2.05) is 48.5 Å². The molecule has 8 nitrogen and oxygen atoms in total. The molecule has 3 aromatic rings. The summed E-state index contributed by atoms with van der Waals surface area (Å²) in [5, 5.41) is 9.05. The van der Waals surface area contributed by atoms with Crippen LogP contribution in [0.3, 0.4) is 0 Å². The fraction of sp³-hybridized carbons (Fsp3) is 0.241. The highest BCUT2D eigenvalue weighted by atomic mass is 16.5. The average Bonchev–Trinajstić information content (AvgIpc) is 3.22. The van der Waals surface area contributed by atoms with E-state index in [-0.39, 0.29) is 31.2 Å². The molecule has 1 heterocycles. The Labute approximate surface area is 215 Å². The number of carbonyl (C=O) groups is 3. The van der Waals surface area contributed by atoms with E-state index in [1.165, 1.54) is 4.90 Å². The van der Waals surface area contributed by atoms with Crippen LogP contribution in [0.25, 0.3) is 0 Å². The molecule has 0 bridgehead atoms. The molecule has 1 aliphatic rings. The van der Waals surface area contributed by atoms with Gasteiger partial charge in [-0.3, -0.25) is 14.4 Å². The van der Waals surface area contributed by atoms with Gasteiger partial charge in [-0.2, -0.15) is 5.26 Å². The van der Waals surface area contributed by atoms with Gasteiger partial charge in [0.05, 0.1) is 44.4 Å². The van der Waals surface area contributed by atoms with E-state index in [9.17, 15) is 14.4 Å². The van der Waals surface area contributed by atoms with Gasteiger partial charge in [0, 0.05) is 6.54 Å². The number of hydrogen-bond donors (Lipinski definition) is 0. The Morgan fingerprint density at radius 3 is 2.32 bits per heavy atom. The molecule has 0 aromatic heterocycles. The molecule has 0 N–H and O–H groups in total. The Hall–Kier alpha value is -4.64. The monoisotopic (exact) mass is 497 g/mol. The van der Waals surface area contributed by atoms with Crippen molar-refractivity contribution in [2.45, 2.75) is 25.3 Å². The topological polar surface area (TPSA) is 99.9 Å². The van der Waals surface area contributed by atoms with E-state index in [1.54, 1.807) is 44.6 Å². The quantitative estimate of drug-likeness (QED) is 0.420. The van der Waals surface area contributed by atoms with Gasteiger partial charge in [-0.1, -0.05) is 36.4 Å². The van der Waals surface area contributed by atoms with Crippen LogP contribution in [-0.2, 0) is 27.2 Å². The maximum absolute atomic E-state index is 13.5. The third-order valence-electron chi connectivity index (χ3n) is 6.36. The molecule has 3 amide bonds. The summed E-state index contributed by atoms with van der Waals surface area (Å²) in [5.41, 5.74) is 2.53. The van der Waals surface area contributed by atoms with E-state index >= 15 is 0 Å². The molecule has 0 radical (unpaired) electrons. The lowest BCUT2D eigenvalue weighted by Crippen LogP contribution is -2.47. The second-order valence-electron chi connectivity index (χ2n) is 8.63. The first-order valence-corrected chi connectivity index (χ1v) is 11.9. The van der Waals surface area contributed by atoms with Crippen molar-refractivity contribution in [2.75, 3.05) is 25.7 Å². The van der Waals surface area contributed by atoms with Crippen LogP contribution in [0.2, 0.25) is 0 Å². The zero-order valence-corrected chi connectivity index (χ0v) is 20.7. The van der Waals surface area contributed by atoms with Crippen molar-refractivity contribution in [1.82, 2.24) is 4.90 Å². The summed E-state index contributed by atoms with van der Waals surface area (Å²) in [5.74, 6) is 0.0884. The lowest BCUT2D eigenvalue weighted by atomic mass is 10.1. The van der Waals surface area contributed by atoms with E-state index in [0.717, 1.165) is 16.0 Å². The average molecular weight is 498 g/mol. The number of anilines is 1. The molecule has 0 saturated carbocycles. The van der Waals surface area contributed by atoms with E-state index < -0.39 is 11.9 Å². The van der Waals surface area contributed by atoms with Gasteiger partial charge in [-0.25, -0.2) is 4.90 Å². The zero-order chi connectivity index (χ0) is 26.4. The molecule has 1 unspecified atom stereocenters. The molecule has 1 aliphatic heterocycles. The van der Waals surface area contributed by atoms with E-state index in [0.29, 0.717) is 29.2 Å². The maximum atomic E-state index is 13.5. The Morgan fingerprint density at radius 2 is 1.68 bits per heavy atom. The summed E-state index contributed by atoms with van der Waals surface area (Å²) in [6.45, 7) is 0.242. The fourth-order valence-corrected chi connectivity index (χ4v) is 4.43. The van der Waals surface area contributed by atoms with Gasteiger partial charge < -0.3 is 14.4 Å². The van der Waals surface area contributed by atoms with Gasteiger partial charge in [0.25, 0.3) is 5.91 Å². The van der Waals surface area contributed by atoms with Crippen LogP contribution >= 0.6 is 0 Å². The number of rotatable bonds is 9. The molecule has 0 aliphatic carbocycles. The molecule has 1 saturated heterocycles. The van der Waals surface area contributed by atoms with Crippen LogP contribution in [0, 0.1) is 11.3 Å². The van der Waals surface area contributed by atoms with Gasteiger partial charge >= 0.3 is 0 Å². The van der Waals surface area contributed by atoms with Crippen molar-refractivity contribution in [3.63, 3.8) is 0 Å². The highest BCUT2D eigenvalue weighted by Gasteiger charge is 2.44. The van der Waals surface area contributed by atoms with Gasteiger partial charge in [0.2, 0.25) is 11.8 Å². The lowest BCUT2D eigenvalue weighted by Gasteiger charge is -2.28. The van der Waals surface area contributed by atoms with Crippen LogP contribution in [0.15, 0.2) is 72.8 Å². The van der Waals surface area contributed by atoms with Gasteiger partial charge in [-0.15, -0.1) is 0 Å². The van der Waals surface area contributed by atoms with Crippen LogP contribution in [-0.4, -0.2) is 49.4 Å². The highest BCUT2D eigenvalue weighted by molar-refractivity contribution is 6.23. The number of benzene rings is 3. The number of methoxy groups -OCH3 is 2. The second kappa shape index (κ2) is 11.4. The number of amides is 3. The predicted molar refractivity (Wildman–Crippen MR) is 137 cm³/mol. The summed E-state index contributed by atoms with van der Waals surface area (Å²) >= 11 is 0. The summed E-state index contributed by atoms with van der Waals surface area (Å²) in [7, 11) is 3.11. The number of ether oxygens (including phenoxy) is 2. The van der Waals surface area contributed by atoms with Crippen molar-refractivity contribution in [1.29, 1.82) is 5.26 Å². The third kappa shape index (κ3) is 5.62. The molecule has 37 heavy (non-hydrogen) atoms. The Kier molecular flexibility index (Phi) is 7.84. The van der Waals surface area contributed by atoms with Crippen LogP contribution in [0.1, 0.15) is 23.1 Å². The number of imide groups is 1. The van der Waals surface area contributed by atoms with Gasteiger partial charge in [-0.05, 0) is 53.9 Å². The molecule has 1 atom stereocenters. The minimum Gasteiger partial charge on any atom is -0.493 e. The van der Waals surface area contributed by atoms with Crippen LogP contribution < -0.4 is 14.4 Å². The minimum absolute atomic E-state index is 0.106. The Bertz CT molecular complexity index is 1330. The number of hydrogen-bond acceptors (Lipinski definition) is 6. The predicted octanol–water partition coefficient (Wildman–Crippen LogP) is 3.52. The lowest BCUT2D eigenvalue weighted by molar-refractivity contribution is -0.137. The summed E-state index contributed by atoms with van der Waals surface area (Å²) in [6, 6.07) is 22.1. The van der Waals surface area contributed by atoms with Crippen molar-refractivity contribution >= 4 is 23.4 Å². The SMILES string of the molecule is COc1ccc(CCN(C(=O)Cc2ccccc2)C2CC(=O)N(c3ccc(C#N)cc3)C2=O)cc1OC. The molecule has 8 heteroatoms. The Morgan fingerprint density at radius 1 is 0.973 bits per heavy atom. The van der Waals surface area contributed by atoms with E-state index in [2.05, 4.69) is 0 Å². The molecular weight excluding hydrogens is 470 g/mol. The standard InChI is InChI=1S/C29H27N3O5/c1-36-25-13-10-21(16-26(25)37-2)14-15-31(27(33)17-20-6-4-3-5-7-20)24-18-28(34)32(29(24)35)23-11-8-22(19-30)9-12-23/h3-13,16,24H,14-15,17-18H2,1-2H3. The Balaban J connectivity index is 1.59. The van der Waals surface area contributed by atoms with Gasteiger partial charge in [0.15, 0.2) is 11.5 Å². The fourth-order valence-electron chi connectivity index (χ4n) is 4.43. The van der Waals surface area contributed by atoms with Crippen molar-refractivity contribution in [3.05, 3.63) is 89.5 Å². The van der Waals surface area contributed by atoms with E-state index in [4.69, 9.17) is 14.7 Å². The molecule has 0 spiro atoms. The normalized spacial score (nSPS) is 14.8. The van der Waals surface area contributed by atoms with Crippen molar-refractivity contribution in [2.24, 2.45) is 0 Å². The molecular formula is C29H27N3O5. The zero-order valence-electron chi connectivity index (χ0n) is 20.7. The third-order valence-corrected chi connectivity index (χ3v) is 6.36. The van der Waals surface area contributed by atoms with Crippen LogP contribution in [0.5, 0.6) is 11.5 Å². The first-order chi connectivity index (χ1) is 17.9. The second-order valence-corrected chi connectivity index (χ2v) is 8.63. The first kappa shape index (κ1) is 25.5. The smallest absolute Gasteiger partial charge is 0.257 e. The number of carbonyl (C=O) groups excluding carboxylic acids is 3. The number of nitrogens with zero attached hydrogens (tertiary/aromatic N) is 3. The van der Waals surface area contributed by atoms with Crippen molar-refractivity contribution < 1.29 is 23.9 Å². The van der Waals surface area contributed by atoms with Crippen LogP contribution in [0.4, 0.5) is 5.69 Å². The number of nitriles is 1. The summed E-state index contributed by atoms with van der Waals surface area (Å²) < 4.78 is 10.7. The molecule has 1 fully saturated rings. The summed E-state index contributed by atoms with van der Waals surface area (Å²) in [6.07, 6.45) is 0.461. The van der Waals surface area contributed by atoms with Gasteiger partial charge in [0.1, 0.15) is 6.04 Å². The largest absolute Gasteiger partial charge is 0.493 e. The minimum atomic E-state index is -0.917. The van der Waals surface area contributed by atoms with Crippen molar-refractivity contribution in [3.8, 4) is 17.6 Å². The first-order valence-electron chi connectivity index (χ1n) is 11.9.